The van der Waals surface area contributed by atoms with E-state index in [-0.39, 0.29) is 17.6 Å². The van der Waals surface area contributed by atoms with Gasteiger partial charge in [0.15, 0.2) is 0 Å². The van der Waals surface area contributed by atoms with Crippen LogP contribution in [0.3, 0.4) is 0 Å². The van der Waals surface area contributed by atoms with Crippen molar-refractivity contribution in [1.82, 2.24) is 0 Å². The monoisotopic (exact) mass is 269 g/mol. The van der Waals surface area contributed by atoms with Crippen molar-refractivity contribution in [2.75, 3.05) is 0 Å². The maximum atomic E-state index is 11.9. The summed E-state index contributed by atoms with van der Waals surface area (Å²) in [6, 6.07) is 16.4. The van der Waals surface area contributed by atoms with Crippen LogP contribution in [0.2, 0.25) is 0 Å². The molecule has 0 fully saturated rings. The highest BCUT2D eigenvalue weighted by molar-refractivity contribution is 5.80. The number of carbonyl (C=O) groups excluding carboxylic acids is 1. The number of nitrogens with two attached hydrogens (primary N) is 1. The van der Waals surface area contributed by atoms with Crippen molar-refractivity contribution in [2.24, 2.45) is 5.73 Å². The van der Waals surface area contributed by atoms with Crippen LogP contribution in [0.25, 0.3) is 0 Å². The Morgan fingerprint density at radius 2 is 1.70 bits per heavy atom. The molecule has 0 saturated heterocycles. The summed E-state index contributed by atoms with van der Waals surface area (Å²) in [7, 11) is 0. The fourth-order valence-electron chi connectivity index (χ4n) is 2.11. The minimum Gasteiger partial charge on any atom is -0.508 e. The second-order valence-electron chi connectivity index (χ2n) is 4.94. The second kappa shape index (κ2) is 6.87. The lowest BCUT2D eigenvalue weighted by atomic mass is 9.99. The number of hydrogen-bond acceptors (Lipinski definition) is 3. The zero-order valence-electron chi connectivity index (χ0n) is 11.3. The summed E-state index contributed by atoms with van der Waals surface area (Å²) in [5.74, 6) is 0.384. The largest absolute Gasteiger partial charge is 0.508 e. The first-order valence-corrected chi connectivity index (χ1v) is 6.75. The second-order valence-corrected chi connectivity index (χ2v) is 4.94. The molecule has 0 aliphatic rings. The molecule has 0 spiro atoms. The van der Waals surface area contributed by atoms with E-state index in [4.69, 9.17) is 5.73 Å². The molecule has 3 heteroatoms. The Morgan fingerprint density at radius 1 is 1.05 bits per heavy atom. The highest BCUT2D eigenvalue weighted by Gasteiger charge is 2.09. The standard InChI is InChI=1S/C17H19NO2/c18-17(14-4-2-1-3-5-14)11-10-16(20)12-13-6-8-15(19)9-7-13/h1-9,17,19H,10-12,18H2. The Labute approximate surface area is 119 Å². The van der Waals surface area contributed by atoms with Crippen LogP contribution in [-0.4, -0.2) is 10.9 Å². The van der Waals surface area contributed by atoms with E-state index < -0.39 is 0 Å². The van der Waals surface area contributed by atoms with Gasteiger partial charge in [0.1, 0.15) is 11.5 Å². The van der Waals surface area contributed by atoms with Crippen molar-refractivity contribution in [3.63, 3.8) is 0 Å². The molecule has 0 heterocycles. The molecule has 20 heavy (non-hydrogen) atoms. The molecule has 2 aromatic carbocycles. The van der Waals surface area contributed by atoms with Gasteiger partial charge in [-0.3, -0.25) is 4.79 Å². The summed E-state index contributed by atoms with van der Waals surface area (Å²) in [5.41, 5.74) is 8.05. The average Bonchev–Trinajstić information content (AvgIpc) is 2.48. The molecule has 0 aliphatic heterocycles. The van der Waals surface area contributed by atoms with Crippen LogP contribution in [0.5, 0.6) is 5.75 Å². The normalized spacial score (nSPS) is 12.1. The van der Waals surface area contributed by atoms with Gasteiger partial charge in [-0.25, -0.2) is 0 Å². The molecule has 1 unspecified atom stereocenters. The number of hydrogen-bond donors (Lipinski definition) is 2. The van der Waals surface area contributed by atoms with Crippen LogP contribution in [0.15, 0.2) is 54.6 Å². The third-order valence-corrected chi connectivity index (χ3v) is 3.30. The summed E-state index contributed by atoms with van der Waals surface area (Å²) in [6.07, 6.45) is 1.51. The van der Waals surface area contributed by atoms with Crippen LogP contribution < -0.4 is 5.73 Å². The van der Waals surface area contributed by atoms with E-state index in [1.807, 2.05) is 30.3 Å². The van der Waals surface area contributed by atoms with Gasteiger partial charge in [-0.05, 0) is 29.7 Å². The lowest BCUT2D eigenvalue weighted by Gasteiger charge is -2.11. The number of ketones is 1. The van der Waals surface area contributed by atoms with Crippen molar-refractivity contribution < 1.29 is 9.90 Å². The summed E-state index contributed by atoms with van der Waals surface area (Å²) in [6.45, 7) is 0. The number of benzene rings is 2. The Kier molecular flexibility index (Phi) is 4.91. The van der Waals surface area contributed by atoms with Gasteiger partial charge in [0.25, 0.3) is 0 Å². The van der Waals surface area contributed by atoms with Crippen molar-refractivity contribution in [3.05, 3.63) is 65.7 Å². The van der Waals surface area contributed by atoms with E-state index in [2.05, 4.69) is 0 Å². The van der Waals surface area contributed by atoms with Gasteiger partial charge in [-0.15, -0.1) is 0 Å². The molecule has 1 atom stereocenters. The molecule has 0 aliphatic carbocycles. The number of Topliss-reactive ketones (excluding diaryl/α,β-unsaturated/α-hetero) is 1. The predicted octanol–water partition coefficient (Wildman–Crippen LogP) is 2.98. The molecule has 0 radical (unpaired) electrons. The average molecular weight is 269 g/mol. The molecular formula is C17H19NO2. The molecular weight excluding hydrogens is 250 g/mol. The molecule has 3 nitrogen and oxygen atoms in total. The number of phenolic OH excluding ortho intramolecular Hbond substituents is 1. The molecule has 2 rings (SSSR count). The van der Waals surface area contributed by atoms with Crippen LogP contribution in [-0.2, 0) is 11.2 Å². The third-order valence-electron chi connectivity index (χ3n) is 3.30. The summed E-state index contributed by atoms with van der Waals surface area (Å²) in [4.78, 5) is 11.9. The van der Waals surface area contributed by atoms with E-state index in [1.54, 1.807) is 24.3 Å². The maximum absolute atomic E-state index is 11.9. The Balaban J connectivity index is 1.82. The van der Waals surface area contributed by atoms with Gasteiger partial charge >= 0.3 is 0 Å². The van der Waals surface area contributed by atoms with Crippen molar-refractivity contribution in [2.45, 2.75) is 25.3 Å². The molecule has 0 amide bonds. The van der Waals surface area contributed by atoms with Crippen LogP contribution in [0, 0.1) is 0 Å². The van der Waals surface area contributed by atoms with Crippen molar-refractivity contribution >= 4 is 5.78 Å². The zero-order valence-corrected chi connectivity index (χ0v) is 11.3. The van der Waals surface area contributed by atoms with Gasteiger partial charge in [0.05, 0.1) is 0 Å². The molecule has 2 aromatic rings. The van der Waals surface area contributed by atoms with E-state index in [0.717, 1.165) is 11.1 Å². The SMILES string of the molecule is NC(CCC(=O)Cc1ccc(O)cc1)c1ccccc1. The number of carbonyl (C=O) groups is 1. The van der Waals surface area contributed by atoms with Crippen molar-refractivity contribution in [1.29, 1.82) is 0 Å². The van der Waals surface area contributed by atoms with Gasteiger partial charge < -0.3 is 10.8 Å². The minimum absolute atomic E-state index is 0.0973. The topological polar surface area (TPSA) is 63.3 Å². The van der Waals surface area contributed by atoms with Crippen LogP contribution in [0.1, 0.15) is 30.0 Å². The molecule has 3 N–H and O–H groups in total. The number of rotatable bonds is 6. The molecule has 0 aromatic heterocycles. The van der Waals surface area contributed by atoms with Crippen LogP contribution >= 0.6 is 0 Å². The minimum atomic E-state index is -0.0973. The van der Waals surface area contributed by atoms with E-state index in [9.17, 15) is 9.90 Å². The molecule has 0 bridgehead atoms. The summed E-state index contributed by atoms with van der Waals surface area (Å²) >= 11 is 0. The lowest BCUT2D eigenvalue weighted by molar-refractivity contribution is -0.118. The fourth-order valence-corrected chi connectivity index (χ4v) is 2.11. The lowest BCUT2D eigenvalue weighted by Crippen LogP contribution is -2.13. The smallest absolute Gasteiger partial charge is 0.137 e. The first-order chi connectivity index (χ1) is 9.65. The highest BCUT2D eigenvalue weighted by Crippen LogP contribution is 2.16. The van der Waals surface area contributed by atoms with Crippen LogP contribution in [0.4, 0.5) is 0 Å². The maximum Gasteiger partial charge on any atom is 0.137 e. The van der Waals surface area contributed by atoms with Crippen molar-refractivity contribution in [3.8, 4) is 5.75 Å². The van der Waals surface area contributed by atoms with Gasteiger partial charge in [-0.2, -0.15) is 0 Å². The zero-order chi connectivity index (χ0) is 14.4. The highest BCUT2D eigenvalue weighted by atomic mass is 16.3. The fraction of sp³-hybridized carbons (Fsp3) is 0.235. The number of aromatic hydroxyl groups is 1. The van der Waals surface area contributed by atoms with Gasteiger partial charge in [-0.1, -0.05) is 42.5 Å². The number of phenols is 1. The van der Waals surface area contributed by atoms with Gasteiger partial charge in [0.2, 0.25) is 0 Å². The first kappa shape index (κ1) is 14.3. The third kappa shape index (κ3) is 4.21. The van der Waals surface area contributed by atoms with E-state index >= 15 is 0 Å². The Morgan fingerprint density at radius 3 is 2.35 bits per heavy atom. The Bertz CT molecular complexity index is 549. The summed E-state index contributed by atoms with van der Waals surface area (Å²) in [5, 5.41) is 9.19. The molecule has 0 saturated carbocycles. The predicted molar refractivity (Wildman–Crippen MR) is 79.4 cm³/mol. The van der Waals surface area contributed by atoms with E-state index in [1.165, 1.54) is 0 Å². The quantitative estimate of drug-likeness (QED) is 0.847. The molecule has 104 valence electrons. The van der Waals surface area contributed by atoms with E-state index in [0.29, 0.717) is 19.3 Å². The summed E-state index contributed by atoms with van der Waals surface area (Å²) < 4.78 is 0. The first-order valence-electron chi connectivity index (χ1n) is 6.75. The van der Waals surface area contributed by atoms with Gasteiger partial charge in [0, 0.05) is 18.9 Å². The Hall–Kier alpha value is -2.13.